The van der Waals surface area contributed by atoms with Crippen LogP contribution in [0.25, 0.3) is 10.8 Å². The molecule has 0 aliphatic carbocycles. The van der Waals surface area contributed by atoms with Crippen molar-refractivity contribution in [2.24, 2.45) is 0 Å². The number of hydrogen-bond donors (Lipinski definition) is 1. The third-order valence-electron chi connectivity index (χ3n) is 3.82. The topological polar surface area (TPSA) is 38.3 Å². The largest absolute Gasteiger partial charge is 0.489 e. The zero-order valence-corrected chi connectivity index (χ0v) is 14.6. The molecule has 0 fully saturated rings. The highest BCUT2D eigenvalue weighted by Gasteiger charge is 2.09. The Morgan fingerprint density at radius 2 is 1.96 bits per heavy atom. The summed E-state index contributed by atoms with van der Waals surface area (Å²) in [5.74, 6) is 0.847. The Morgan fingerprint density at radius 1 is 1.12 bits per heavy atom. The number of benzene rings is 2. The van der Waals surface area contributed by atoms with Crippen LogP contribution in [-0.2, 0) is 6.61 Å². The predicted octanol–water partition coefficient (Wildman–Crippen LogP) is 5.01. The summed E-state index contributed by atoms with van der Waals surface area (Å²) in [5, 5.41) is 7.28. The molecular formula is C20H21NO2S. The average Bonchev–Trinajstić information content (AvgIpc) is 3.09. The summed E-state index contributed by atoms with van der Waals surface area (Å²) in [6, 6.07) is 16.2. The quantitative estimate of drug-likeness (QED) is 0.615. The Kier molecular flexibility index (Phi) is 5.49. The van der Waals surface area contributed by atoms with E-state index in [1.807, 2.05) is 35.7 Å². The number of amides is 1. The molecule has 1 aromatic heterocycles. The van der Waals surface area contributed by atoms with Crippen LogP contribution in [-0.4, -0.2) is 12.5 Å². The lowest BCUT2D eigenvalue weighted by atomic mass is 10.1. The number of fused-ring (bicyclic) bond motifs is 1. The highest BCUT2D eigenvalue weighted by Crippen LogP contribution is 2.22. The van der Waals surface area contributed by atoms with Crippen LogP contribution in [0.2, 0.25) is 0 Å². The molecule has 0 spiro atoms. The number of unbranched alkanes of at least 4 members (excludes halogenated alkanes) is 1. The number of rotatable bonds is 7. The molecule has 4 heteroatoms. The van der Waals surface area contributed by atoms with Crippen molar-refractivity contribution in [3.63, 3.8) is 0 Å². The van der Waals surface area contributed by atoms with Gasteiger partial charge in [-0.1, -0.05) is 43.7 Å². The van der Waals surface area contributed by atoms with Gasteiger partial charge in [0, 0.05) is 12.1 Å². The number of carbonyl (C=O) groups is 1. The second-order valence-corrected chi connectivity index (χ2v) is 6.64. The van der Waals surface area contributed by atoms with Crippen molar-refractivity contribution < 1.29 is 9.53 Å². The molecule has 3 aromatic rings. The van der Waals surface area contributed by atoms with Crippen LogP contribution in [0.5, 0.6) is 5.75 Å². The number of ether oxygens (including phenoxy) is 1. The van der Waals surface area contributed by atoms with Gasteiger partial charge in [-0.3, -0.25) is 4.79 Å². The Labute approximate surface area is 146 Å². The summed E-state index contributed by atoms with van der Waals surface area (Å²) in [6.07, 6.45) is 2.09. The van der Waals surface area contributed by atoms with E-state index < -0.39 is 0 Å². The Bertz CT molecular complexity index is 825. The van der Waals surface area contributed by atoms with Crippen LogP contribution < -0.4 is 10.1 Å². The Hall–Kier alpha value is -2.33. The highest BCUT2D eigenvalue weighted by atomic mass is 32.1. The molecule has 3 nitrogen and oxygen atoms in total. The minimum atomic E-state index is 0.00500. The summed E-state index contributed by atoms with van der Waals surface area (Å²) in [7, 11) is 0. The van der Waals surface area contributed by atoms with Gasteiger partial charge < -0.3 is 10.1 Å². The number of nitrogens with one attached hydrogen (secondary N) is 1. The van der Waals surface area contributed by atoms with Crippen LogP contribution in [0.4, 0.5) is 0 Å². The number of thiophene rings is 1. The maximum Gasteiger partial charge on any atom is 0.261 e. The fourth-order valence-corrected chi connectivity index (χ4v) is 3.27. The van der Waals surface area contributed by atoms with Gasteiger partial charge in [-0.05, 0) is 40.8 Å². The zero-order chi connectivity index (χ0) is 16.8. The van der Waals surface area contributed by atoms with E-state index in [2.05, 4.69) is 30.4 Å². The maximum atomic E-state index is 12.0. The molecule has 24 heavy (non-hydrogen) atoms. The lowest BCUT2D eigenvalue weighted by Gasteiger charge is -2.06. The van der Waals surface area contributed by atoms with Gasteiger partial charge in [-0.2, -0.15) is 0 Å². The highest BCUT2D eigenvalue weighted by molar-refractivity contribution is 7.12. The van der Waals surface area contributed by atoms with E-state index in [9.17, 15) is 4.79 Å². The molecule has 2 aromatic carbocycles. The molecule has 124 valence electrons. The first-order valence-electron chi connectivity index (χ1n) is 8.23. The second-order valence-electron chi connectivity index (χ2n) is 5.73. The van der Waals surface area contributed by atoms with Gasteiger partial charge in [-0.15, -0.1) is 11.3 Å². The molecule has 0 saturated carbocycles. The molecule has 3 rings (SSSR count). The molecule has 0 aliphatic heterocycles. The summed E-state index contributed by atoms with van der Waals surface area (Å²) in [4.78, 5) is 12.8. The standard InChI is InChI=1S/C20H21NO2S/c1-2-3-10-21-20(22)19-11-15(14-24-19)13-23-18-9-8-16-6-4-5-7-17(16)12-18/h4-9,11-12,14H,2-3,10,13H2,1H3,(H,21,22). The van der Waals surface area contributed by atoms with E-state index in [0.29, 0.717) is 6.61 Å². The molecule has 0 saturated heterocycles. The van der Waals surface area contributed by atoms with Gasteiger partial charge in [-0.25, -0.2) is 0 Å². The van der Waals surface area contributed by atoms with E-state index >= 15 is 0 Å². The molecule has 1 heterocycles. The van der Waals surface area contributed by atoms with Crippen LogP contribution >= 0.6 is 11.3 Å². The lowest BCUT2D eigenvalue weighted by molar-refractivity contribution is 0.0957. The Balaban J connectivity index is 1.59. The zero-order valence-electron chi connectivity index (χ0n) is 13.7. The lowest BCUT2D eigenvalue weighted by Crippen LogP contribution is -2.23. The summed E-state index contributed by atoms with van der Waals surface area (Å²) < 4.78 is 5.87. The van der Waals surface area contributed by atoms with E-state index in [1.54, 1.807) is 0 Å². The first-order chi connectivity index (χ1) is 11.8. The monoisotopic (exact) mass is 339 g/mol. The van der Waals surface area contributed by atoms with E-state index in [-0.39, 0.29) is 5.91 Å². The van der Waals surface area contributed by atoms with Crippen LogP contribution in [0.1, 0.15) is 35.0 Å². The molecule has 0 bridgehead atoms. The fourth-order valence-electron chi connectivity index (χ4n) is 2.46. The van der Waals surface area contributed by atoms with Gasteiger partial charge in [0.1, 0.15) is 12.4 Å². The Morgan fingerprint density at radius 3 is 2.79 bits per heavy atom. The van der Waals surface area contributed by atoms with Crippen molar-refractivity contribution in [1.82, 2.24) is 5.32 Å². The third-order valence-corrected chi connectivity index (χ3v) is 4.80. The maximum absolute atomic E-state index is 12.0. The smallest absolute Gasteiger partial charge is 0.261 e. The number of hydrogen-bond acceptors (Lipinski definition) is 3. The van der Waals surface area contributed by atoms with Crippen LogP contribution in [0.15, 0.2) is 53.9 Å². The SMILES string of the molecule is CCCCNC(=O)c1cc(COc2ccc3ccccc3c2)cs1. The van der Waals surface area contributed by atoms with Crippen molar-refractivity contribution >= 4 is 28.0 Å². The van der Waals surface area contributed by atoms with Gasteiger partial charge in [0.05, 0.1) is 4.88 Å². The summed E-state index contributed by atoms with van der Waals surface area (Å²) >= 11 is 1.46. The van der Waals surface area contributed by atoms with Crippen molar-refractivity contribution in [3.05, 3.63) is 64.4 Å². The van der Waals surface area contributed by atoms with Gasteiger partial charge in [0.25, 0.3) is 5.91 Å². The van der Waals surface area contributed by atoms with E-state index in [4.69, 9.17) is 4.74 Å². The molecule has 1 N–H and O–H groups in total. The van der Waals surface area contributed by atoms with Crippen LogP contribution in [0.3, 0.4) is 0 Å². The molecule has 0 radical (unpaired) electrons. The minimum Gasteiger partial charge on any atom is -0.489 e. The number of carbonyl (C=O) groups excluding carboxylic acids is 1. The third kappa shape index (κ3) is 4.15. The molecule has 0 atom stereocenters. The predicted molar refractivity (Wildman–Crippen MR) is 99.8 cm³/mol. The molecule has 1 amide bonds. The van der Waals surface area contributed by atoms with Crippen LogP contribution in [0, 0.1) is 0 Å². The van der Waals surface area contributed by atoms with Crippen molar-refractivity contribution in [2.45, 2.75) is 26.4 Å². The summed E-state index contributed by atoms with van der Waals surface area (Å²) in [5.41, 5.74) is 1.02. The normalized spacial score (nSPS) is 10.7. The van der Waals surface area contributed by atoms with Crippen molar-refractivity contribution in [1.29, 1.82) is 0 Å². The van der Waals surface area contributed by atoms with Gasteiger partial charge in [0.15, 0.2) is 0 Å². The second kappa shape index (κ2) is 7.97. The molecule has 0 unspecified atom stereocenters. The first kappa shape index (κ1) is 16.5. The molecular weight excluding hydrogens is 318 g/mol. The average molecular weight is 339 g/mol. The van der Waals surface area contributed by atoms with E-state index in [0.717, 1.165) is 41.0 Å². The summed E-state index contributed by atoms with van der Waals surface area (Å²) in [6.45, 7) is 3.31. The molecule has 0 aliphatic rings. The van der Waals surface area contributed by atoms with Crippen molar-refractivity contribution in [2.75, 3.05) is 6.54 Å². The minimum absolute atomic E-state index is 0.00500. The first-order valence-corrected chi connectivity index (χ1v) is 9.11. The van der Waals surface area contributed by atoms with Gasteiger partial charge in [0.2, 0.25) is 0 Å². The van der Waals surface area contributed by atoms with Gasteiger partial charge >= 0.3 is 0 Å². The van der Waals surface area contributed by atoms with E-state index in [1.165, 1.54) is 16.7 Å². The fraction of sp³-hybridized carbons (Fsp3) is 0.250. The van der Waals surface area contributed by atoms with Crippen molar-refractivity contribution in [3.8, 4) is 5.75 Å².